The molecule has 0 saturated carbocycles. The van der Waals surface area contributed by atoms with Crippen molar-refractivity contribution in [2.75, 3.05) is 0 Å². The van der Waals surface area contributed by atoms with E-state index >= 15 is 0 Å². The van der Waals surface area contributed by atoms with Crippen molar-refractivity contribution in [2.24, 2.45) is 0 Å². The molecule has 0 unspecified atom stereocenters. The van der Waals surface area contributed by atoms with Crippen LogP contribution in [0.25, 0.3) is 10.8 Å². The zero-order valence-corrected chi connectivity index (χ0v) is 17.3. The zero-order valence-electron chi connectivity index (χ0n) is 16.3. The van der Waals surface area contributed by atoms with Crippen LogP contribution in [0.1, 0.15) is 31.9 Å². The fourth-order valence-corrected chi connectivity index (χ4v) is 3.50. The van der Waals surface area contributed by atoms with Crippen LogP contribution >= 0.6 is 0 Å². The van der Waals surface area contributed by atoms with Crippen molar-refractivity contribution < 1.29 is 4.43 Å². The minimum absolute atomic E-state index is 0.196. The van der Waals surface area contributed by atoms with Crippen molar-refractivity contribution in [3.63, 3.8) is 0 Å². The molecule has 0 aliphatic heterocycles. The summed E-state index contributed by atoms with van der Waals surface area (Å²) in [5.74, 6) is 7.45. The fourth-order valence-electron chi connectivity index (χ4n) is 2.47. The van der Waals surface area contributed by atoms with E-state index < -0.39 is 8.32 Å². The lowest BCUT2D eigenvalue weighted by atomic mass is 10.1. The van der Waals surface area contributed by atoms with Crippen LogP contribution in [0.3, 0.4) is 0 Å². The molecule has 0 radical (unpaired) electrons. The lowest BCUT2D eigenvalue weighted by Crippen LogP contribution is -2.43. The summed E-state index contributed by atoms with van der Waals surface area (Å²) in [6.45, 7) is 11.3. The van der Waals surface area contributed by atoms with E-state index in [1.807, 2.05) is 24.3 Å². The molecule has 0 N–H and O–H groups in total. The molecule has 0 atom stereocenters. The van der Waals surface area contributed by atoms with E-state index in [4.69, 9.17) is 4.43 Å². The monoisotopic (exact) mass is 358 g/mol. The van der Waals surface area contributed by atoms with E-state index in [-0.39, 0.29) is 5.04 Å². The highest BCUT2D eigenvalue weighted by Gasteiger charge is 2.38. The molecule has 0 saturated heterocycles. The van der Waals surface area contributed by atoms with Crippen molar-refractivity contribution in [1.82, 2.24) is 0 Å². The Bertz CT molecular complexity index is 967. The van der Waals surface area contributed by atoms with Crippen molar-refractivity contribution >= 4 is 19.1 Å². The van der Waals surface area contributed by atoms with Gasteiger partial charge in [0, 0.05) is 11.1 Å². The van der Waals surface area contributed by atoms with Gasteiger partial charge in [0.1, 0.15) is 5.75 Å². The first-order valence-electron chi connectivity index (χ1n) is 9.04. The maximum absolute atomic E-state index is 6.32. The van der Waals surface area contributed by atoms with Crippen molar-refractivity contribution in [2.45, 2.75) is 38.9 Å². The van der Waals surface area contributed by atoms with Gasteiger partial charge in [0.05, 0.1) is 0 Å². The molecule has 132 valence electrons. The van der Waals surface area contributed by atoms with Crippen molar-refractivity contribution in [1.29, 1.82) is 0 Å². The zero-order chi connectivity index (χ0) is 18.8. The molecule has 2 heteroatoms. The summed E-state index contributed by atoms with van der Waals surface area (Å²) in [6, 6.07) is 22.8. The number of hydrogen-bond donors (Lipinski definition) is 0. The normalized spacial score (nSPS) is 11.7. The first-order valence-corrected chi connectivity index (χ1v) is 12.0. The Balaban J connectivity index is 1.76. The minimum Gasteiger partial charge on any atom is -0.544 e. The van der Waals surface area contributed by atoms with E-state index in [2.05, 4.69) is 88.2 Å². The molecule has 3 aromatic rings. The van der Waals surface area contributed by atoms with Crippen LogP contribution in [0.2, 0.25) is 18.1 Å². The number of hydrogen-bond acceptors (Lipinski definition) is 1. The van der Waals surface area contributed by atoms with Crippen LogP contribution in [0.15, 0.2) is 66.7 Å². The van der Waals surface area contributed by atoms with E-state index in [0.717, 1.165) is 16.9 Å². The predicted octanol–water partition coefficient (Wildman–Crippen LogP) is 6.62. The fraction of sp³-hybridized carbons (Fsp3) is 0.250. The van der Waals surface area contributed by atoms with Crippen LogP contribution in [0.5, 0.6) is 5.75 Å². The molecular formula is C24H26OSi. The van der Waals surface area contributed by atoms with Gasteiger partial charge in [0.2, 0.25) is 8.32 Å². The smallest absolute Gasteiger partial charge is 0.250 e. The molecule has 1 nitrogen and oxygen atoms in total. The average molecular weight is 359 g/mol. The highest BCUT2D eigenvalue weighted by molar-refractivity contribution is 6.74. The molecule has 0 aliphatic carbocycles. The summed E-state index contributed by atoms with van der Waals surface area (Å²) in [5, 5.41) is 2.66. The summed E-state index contributed by atoms with van der Waals surface area (Å²) in [6.07, 6.45) is 0. The standard InChI is InChI=1S/C24H26OSi/c1-24(2,3)26(4,5)25-23-16-13-19(14-17-23)10-11-20-12-15-21-8-6-7-9-22(21)18-20/h6-9,12-18H,1-5H3. The SMILES string of the molecule is CC(C)(C)[Si](C)(C)Oc1ccc(C#Cc2ccc3ccccc3c2)cc1. The van der Waals surface area contributed by atoms with Gasteiger partial charge in [-0.2, -0.15) is 0 Å². The molecule has 0 spiro atoms. The molecular weight excluding hydrogens is 332 g/mol. The van der Waals surface area contributed by atoms with Crippen molar-refractivity contribution in [3.05, 3.63) is 77.9 Å². The van der Waals surface area contributed by atoms with Gasteiger partial charge in [-0.15, -0.1) is 0 Å². The van der Waals surface area contributed by atoms with Gasteiger partial charge in [0.15, 0.2) is 0 Å². The Hall–Kier alpha value is -2.50. The Labute approximate surface area is 158 Å². The van der Waals surface area contributed by atoms with Gasteiger partial charge >= 0.3 is 0 Å². The lowest BCUT2D eigenvalue weighted by molar-refractivity contribution is 0.492. The number of benzene rings is 3. The quantitative estimate of drug-likeness (QED) is 0.369. The summed E-state index contributed by atoms with van der Waals surface area (Å²) < 4.78 is 6.32. The molecule has 26 heavy (non-hydrogen) atoms. The van der Waals surface area contributed by atoms with Gasteiger partial charge in [-0.25, -0.2) is 0 Å². The van der Waals surface area contributed by atoms with Gasteiger partial charge in [-0.05, 0) is 65.3 Å². The Morgan fingerprint density at radius 1 is 0.731 bits per heavy atom. The van der Waals surface area contributed by atoms with Gasteiger partial charge < -0.3 is 4.43 Å². The number of fused-ring (bicyclic) bond motifs is 1. The molecule has 3 rings (SSSR count). The maximum atomic E-state index is 6.32. The van der Waals surface area contributed by atoms with Crippen LogP contribution in [-0.2, 0) is 0 Å². The third-order valence-corrected chi connectivity index (χ3v) is 9.49. The summed E-state index contributed by atoms with van der Waals surface area (Å²) in [7, 11) is -1.80. The van der Waals surface area contributed by atoms with Gasteiger partial charge in [0.25, 0.3) is 0 Å². The van der Waals surface area contributed by atoms with E-state index in [1.165, 1.54) is 10.8 Å². The van der Waals surface area contributed by atoms with Crippen molar-refractivity contribution in [3.8, 4) is 17.6 Å². The summed E-state index contributed by atoms with van der Waals surface area (Å²) in [4.78, 5) is 0. The third kappa shape index (κ3) is 4.18. The average Bonchev–Trinajstić information content (AvgIpc) is 2.60. The van der Waals surface area contributed by atoms with E-state index in [0.29, 0.717) is 0 Å². The topological polar surface area (TPSA) is 9.23 Å². The minimum atomic E-state index is -1.80. The second-order valence-corrected chi connectivity index (χ2v) is 12.9. The van der Waals surface area contributed by atoms with Crippen LogP contribution in [0, 0.1) is 11.8 Å². The largest absolute Gasteiger partial charge is 0.544 e. The molecule has 0 aromatic heterocycles. The molecule has 0 aliphatic rings. The van der Waals surface area contributed by atoms with Crippen LogP contribution in [0.4, 0.5) is 0 Å². The number of rotatable bonds is 2. The first-order chi connectivity index (χ1) is 12.2. The maximum Gasteiger partial charge on any atom is 0.250 e. The molecule has 0 fully saturated rings. The Morgan fingerprint density at radius 3 is 1.96 bits per heavy atom. The van der Waals surface area contributed by atoms with Crippen LogP contribution in [-0.4, -0.2) is 8.32 Å². The van der Waals surface area contributed by atoms with E-state index in [1.54, 1.807) is 0 Å². The molecule has 0 bridgehead atoms. The summed E-state index contributed by atoms with van der Waals surface area (Å²) in [5.41, 5.74) is 2.03. The van der Waals surface area contributed by atoms with Gasteiger partial charge in [-0.3, -0.25) is 0 Å². The molecule has 0 heterocycles. The molecule has 3 aromatic carbocycles. The van der Waals surface area contributed by atoms with Crippen LogP contribution < -0.4 is 4.43 Å². The van der Waals surface area contributed by atoms with E-state index in [9.17, 15) is 0 Å². The Morgan fingerprint density at radius 2 is 1.31 bits per heavy atom. The predicted molar refractivity (Wildman–Crippen MR) is 114 cm³/mol. The molecule has 0 amide bonds. The highest BCUT2D eigenvalue weighted by atomic mass is 28.4. The highest BCUT2D eigenvalue weighted by Crippen LogP contribution is 2.37. The summed E-state index contributed by atoms with van der Waals surface area (Å²) >= 11 is 0. The Kier molecular flexibility index (Phi) is 4.94. The first kappa shape index (κ1) is 18.3. The van der Waals surface area contributed by atoms with Gasteiger partial charge in [-0.1, -0.05) is 62.9 Å². The third-order valence-electron chi connectivity index (χ3n) is 5.13. The second kappa shape index (κ2) is 7.01. The second-order valence-electron chi connectivity index (χ2n) is 8.20. The lowest BCUT2D eigenvalue weighted by Gasteiger charge is -2.36.